The van der Waals surface area contributed by atoms with Gasteiger partial charge in [-0.3, -0.25) is 4.79 Å². The molecule has 1 heterocycles. The molecule has 3 aromatic rings. The van der Waals surface area contributed by atoms with Crippen LogP contribution in [0.25, 0.3) is 5.69 Å². The summed E-state index contributed by atoms with van der Waals surface area (Å²) in [6.07, 6.45) is 0. The summed E-state index contributed by atoms with van der Waals surface area (Å²) in [6, 6.07) is 10.2. The molecule has 3 N–H and O–H groups in total. The molecule has 0 fully saturated rings. The largest absolute Gasteiger partial charge is 0.495 e. The highest BCUT2D eigenvalue weighted by Crippen LogP contribution is 2.27. The second-order valence-corrected chi connectivity index (χ2v) is 5.42. The fraction of sp³-hybridized carbons (Fsp3) is 0.0625. The number of ether oxygens (including phenoxy) is 1. The third-order valence-electron chi connectivity index (χ3n) is 3.40. The predicted molar refractivity (Wildman–Crippen MR) is 91.7 cm³/mol. The Morgan fingerprint density at radius 1 is 1.28 bits per heavy atom. The fourth-order valence-corrected chi connectivity index (χ4v) is 2.34. The lowest BCUT2D eigenvalue weighted by molar-refractivity contribution is 0.102. The summed E-state index contributed by atoms with van der Waals surface area (Å²) < 4.78 is 19.4. The van der Waals surface area contributed by atoms with Crippen molar-refractivity contribution in [2.75, 3.05) is 18.2 Å². The Morgan fingerprint density at radius 2 is 2.00 bits per heavy atom. The van der Waals surface area contributed by atoms with Gasteiger partial charge in [0.15, 0.2) is 11.5 Å². The fourth-order valence-electron chi connectivity index (χ4n) is 2.15. The Morgan fingerprint density at radius 3 is 2.68 bits per heavy atom. The number of benzene rings is 2. The van der Waals surface area contributed by atoms with Crippen LogP contribution < -0.4 is 15.8 Å². The van der Waals surface area contributed by atoms with Gasteiger partial charge in [-0.05, 0) is 36.4 Å². The van der Waals surface area contributed by atoms with Crippen LogP contribution in [-0.4, -0.2) is 28.0 Å². The molecule has 3 rings (SSSR count). The van der Waals surface area contributed by atoms with Crippen LogP contribution >= 0.6 is 11.6 Å². The molecular formula is C16H13ClFN5O2. The van der Waals surface area contributed by atoms with Gasteiger partial charge in [0.05, 0.1) is 17.8 Å². The van der Waals surface area contributed by atoms with Gasteiger partial charge >= 0.3 is 0 Å². The van der Waals surface area contributed by atoms with E-state index in [1.807, 2.05) is 0 Å². The van der Waals surface area contributed by atoms with E-state index < -0.39 is 11.7 Å². The Hall–Kier alpha value is -3.13. The molecule has 0 aliphatic rings. The monoisotopic (exact) mass is 361 g/mol. The number of carbonyl (C=O) groups excluding carboxylic acids is 1. The number of nitrogens with zero attached hydrogens (tertiary/aromatic N) is 3. The summed E-state index contributed by atoms with van der Waals surface area (Å²) in [5, 5.41) is 10.7. The first-order valence-corrected chi connectivity index (χ1v) is 7.49. The molecule has 128 valence electrons. The normalized spacial score (nSPS) is 10.5. The van der Waals surface area contributed by atoms with Gasteiger partial charge in [0.1, 0.15) is 11.6 Å². The first kappa shape index (κ1) is 16.7. The summed E-state index contributed by atoms with van der Waals surface area (Å²) in [6.45, 7) is 0. The summed E-state index contributed by atoms with van der Waals surface area (Å²) in [5.74, 6) is -0.480. The minimum absolute atomic E-state index is 0.0454. The molecule has 0 radical (unpaired) electrons. The van der Waals surface area contributed by atoms with Gasteiger partial charge in [-0.15, -0.1) is 5.10 Å². The van der Waals surface area contributed by atoms with Gasteiger partial charge in [-0.25, -0.2) is 4.39 Å². The number of nitrogens with two attached hydrogens (primary N) is 1. The molecule has 0 aliphatic carbocycles. The number of hydrogen-bond donors (Lipinski definition) is 2. The minimum Gasteiger partial charge on any atom is -0.495 e. The highest BCUT2D eigenvalue weighted by molar-refractivity contribution is 6.32. The maximum absolute atomic E-state index is 12.9. The maximum atomic E-state index is 12.9. The molecule has 0 aliphatic heterocycles. The third-order valence-corrected chi connectivity index (χ3v) is 3.71. The molecule has 1 amide bonds. The molecule has 7 nitrogen and oxygen atoms in total. The number of carbonyl (C=O) groups is 1. The Bertz CT molecular complexity index is 927. The average Bonchev–Trinajstić information content (AvgIpc) is 2.99. The zero-order chi connectivity index (χ0) is 18.0. The summed E-state index contributed by atoms with van der Waals surface area (Å²) in [5.41, 5.74) is 6.87. The molecule has 0 atom stereocenters. The standard InChI is InChI=1S/C16H13ClFN5O2/c1-25-13-8-11(6-7-12(13)17)23-15(19)14(21-22-23)16(24)20-10-4-2-9(18)3-5-10/h2-8H,19H2,1H3,(H,20,24). The lowest BCUT2D eigenvalue weighted by atomic mass is 10.3. The van der Waals surface area contributed by atoms with Crippen LogP contribution in [0.5, 0.6) is 5.75 Å². The molecular weight excluding hydrogens is 349 g/mol. The van der Waals surface area contributed by atoms with Gasteiger partial charge in [0, 0.05) is 11.8 Å². The molecule has 25 heavy (non-hydrogen) atoms. The van der Waals surface area contributed by atoms with Crippen molar-refractivity contribution < 1.29 is 13.9 Å². The van der Waals surface area contributed by atoms with Crippen LogP contribution in [0.1, 0.15) is 10.5 Å². The topological polar surface area (TPSA) is 95.1 Å². The van der Waals surface area contributed by atoms with Crippen molar-refractivity contribution in [2.24, 2.45) is 0 Å². The Labute approximate surface area is 147 Å². The highest BCUT2D eigenvalue weighted by atomic mass is 35.5. The first-order chi connectivity index (χ1) is 12.0. The zero-order valence-corrected chi connectivity index (χ0v) is 13.8. The lowest BCUT2D eigenvalue weighted by Crippen LogP contribution is -2.15. The van der Waals surface area contributed by atoms with Gasteiger partial charge < -0.3 is 15.8 Å². The van der Waals surface area contributed by atoms with Gasteiger partial charge in [0.2, 0.25) is 0 Å². The first-order valence-electron chi connectivity index (χ1n) is 7.11. The number of hydrogen-bond acceptors (Lipinski definition) is 5. The number of rotatable bonds is 4. The number of nitrogens with one attached hydrogen (secondary N) is 1. The molecule has 0 spiro atoms. The smallest absolute Gasteiger partial charge is 0.280 e. The van der Waals surface area contributed by atoms with E-state index in [9.17, 15) is 9.18 Å². The van der Waals surface area contributed by atoms with Crippen molar-refractivity contribution in [1.82, 2.24) is 15.0 Å². The van der Waals surface area contributed by atoms with Crippen molar-refractivity contribution >= 4 is 29.0 Å². The predicted octanol–water partition coefficient (Wildman–Crippen LogP) is 2.90. The van der Waals surface area contributed by atoms with Crippen LogP contribution in [0.2, 0.25) is 5.02 Å². The Balaban J connectivity index is 1.88. The number of anilines is 2. The van der Waals surface area contributed by atoms with E-state index in [2.05, 4.69) is 15.6 Å². The zero-order valence-electron chi connectivity index (χ0n) is 13.0. The maximum Gasteiger partial charge on any atom is 0.280 e. The average molecular weight is 362 g/mol. The molecule has 9 heteroatoms. The van der Waals surface area contributed by atoms with E-state index in [1.54, 1.807) is 18.2 Å². The molecule has 0 saturated carbocycles. The van der Waals surface area contributed by atoms with Crippen molar-refractivity contribution in [3.63, 3.8) is 0 Å². The molecule has 0 saturated heterocycles. The quantitative estimate of drug-likeness (QED) is 0.745. The van der Waals surface area contributed by atoms with Crippen molar-refractivity contribution in [2.45, 2.75) is 0 Å². The molecule has 0 bridgehead atoms. The van der Waals surface area contributed by atoms with E-state index in [1.165, 1.54) is 36.1 Å². The number of aromatic nitrogens is 3. The molecule has 2 aromatic carbocycles. The second kappa shape index (κ2) is 6.78. The van der Waals surface area contributed by atoms with Crippen molar-refractivity contribution in [3.8, 4) is 11.4 Å². The van der Waals surface area contributed by atoms with E-state index in [0.29, 0.717) is 22.1 Å². The Kier molecular flexibility index (Phi) is 4.53. The van der Waals surface area contributed by atoms with E-state index in [-0.39, 0.29) is 11.5 Å². The third kappa shape index (κ3) is 3.38. The van der Waals surface area contributed by atoms with Crippen LogP contribution in [0.15, 0.2) is 42.5 Å². The van der Waals surface area contributed by atoms with Gasteiger partial charge in [-0.2, -0.15) is 4.68 Å². The van der Waals surface area contributed by atoms with Crippen LogP contribution in [0.4, 0.5) is 15.9 Å². The number of halogens is 2. The minimum atomic E-state index is -0.559. The lowest BCUT2D eigenvalue weighted by Gasteiger charge is -2.07. The van der Waals surface area contributed by atoms with Crippen molar-refractivity contribution in [3.05, 3.63) is 59.0 Å². The van der Waals surface area contributed by atoms with Gasteiger partial charge in [0.25, 0.3) is 5.91 Å². The van der Waals surface area contributed by atoms with Gasteiger partial charge in [-0.1, -0.05) is 16.8 Å². The van der Waals surface area contributed by atoms with Crippen LogP contribution in [0.3, 0.4) is 0 Å². The van der Waals surface area contributed by atoms with Crippen LogP contribution in [0, 0.1) is 5.82 Å². The van der Waals surface area contributed by atoms with Crippen LogP contribution in [-0.2, 0) is 0 Å². The van der Waals surface area contributed by atoms with E-state index >= 15 is 0 Å². The summed E-state index contributed by atoms with van der Waals surface area (Å²) in [7, 11) is 1.48. The molecule has 1 aromatic heterocycles. The number of amides is 1. The SMILES string of the molecule is COc1cc(-n2nnc(C(=O)Nc3ccc(F)cc3)c2N)ccc1Cl. The number of methoxy groups -OCH3 is 1. The number of nitrogen functional groups attached to an aromatic ring is 1. The molecule has 0 unspecified atom stereocenters. The van der Waals surface area contributed by atoms with E-state index in [4.69, 9.17) is 22.1 Å². The summed E-state index contributed by atoms with van der Waals surface area (Å²) >= 11 is 5.99. The van der Waals surface area contributed by atoms with E-state index in [0.717, 1.165) is 0 Å². The highest BCUT2D eigenvalue weighted by Gasteiger charge is 2.19. The second-order valence-electron chi connectivity index (χ2n) is 5.01. The summed E-state index contributed by atoms with van der Waals surface area (Å²) in [4.78, 5) is 12.3. The van der Waals surface area contributed by atoms with Crippen molar-refractivity contribution in [1.29, 1.82) is 0 Å².